The van der Waals surface area contributed by atoms with Crippen molar-refractivity contribution in [2.45, 2.75) is 47.1 Å². The van der Waals surface area contributed by atoms with E-state index in [1.54, 1.807) is 0 Å². The number of aryl methyl sites for hydroxylation is 2. The first-order valence-corrected chi connectivity index (χ1v) is 6.37. The molecule has 0 amide bonds. The number of carbonyl (C=O) groups excluding carboxylic acids is 1. The average Bonchev–Trinajstić information content (AvgIpc) is 2.28. The maximum atomic E-state index is 11.9. The number of carbonyl (C=O) groups is 1. The molecule has 0 aliphatic heterocycles. The number of esters is 1. The minimum Gasteiger partial charge on any atom is -0.425 e. The van der Waals surface area contributed by atoms with Crippen LogP contribution in [-0.4, -0.2) is 12.0 Å². The molecule has 1 aromatic rings. The molecule has 1 atom stereocenters. The maximum Gasteiger partial charge on any atom is 0.328 e. The van der Waals surface area contributed by atoms with Crippen molar-refractivity contribution < 1.29 is 9.53 Å². The van der Waals surface area contributed by atoms with Crippen LogP contribution >= 0.6 is 0 Å². The zero-order valence-electron chi connectivity index (χ0n) is 11.9. The molecule has 2 N–H and O–H groups in total. The second-order valence-electron chi connectivity index (χ2n) is 5.31. The fourth-order valence-electron chi connectivity index (χ4n) is 1.86. The van der Waals surface area contributed by atoms with Gasteiger partial charge in [-0.25, -0.2) is 4.79 Å². The van der Waals surface area contributed by atoms with E-state index < -0.39 is 6.04 Å². The molecular weight excluding hydrogens is 226 g/mol. The number of benzene rings is 1. The van der Waals surface area contributed by atoms with Gasteiger partial charge in [0.25, 0.3) is 0 Å². The molecule has 0 aliphatic carbocycles. The number of ether oxygens (including phenoxy) is 1. The molecule has 3 heteroatoms. The van der Waals surface area contributed by atoms with Crippen LogP contribution in [0, 0.1) is 26.7 Å². The van der Waals surface area contributed by atoms with Crippen molar-refractivity contribution in [1.82, 2.24) is 0 Å². The number of nitrogens with two attached hydrogens (primary N) is 1. The third-order valence-corrected chi connectivity index (χ3v) is 3.10. The van der Waals surface area contributed by atoms with Gasteiger partial charge in [-0.05, 0) is 49.8 Å². The van der Waals surface area contributed by atoms with Gasteiger partial charge in [0.05, 0.1) is 0 Å². The summed E-state index contributed by atoms with van der Waals surface area (Å²) in [5.74, 6) is 0.687. The zero-order valence-corrected chi connectivity index (χ0v) is 11.9. The summed E-state index contributed by atoms with van der Waals surface area (Å²) in [5, 5.41) is 0. The van der Waals surface area contributed by atoms with Crippen LogP contribution in [0.25, 0.3) is 0 Å². The van der Waals surface area contributed by atoms with Gasteiger partial charge in [0.1, 0.15) is 11.8 Å². The molecule has 0 spiro atoms. The summed E-state index contributed by atoms with van der Waals surface area (Å²) in [7, 11) is 0. The van der Waals surface area contributed by atoms with Crippen LogP contribution in [0.4, 0.5) is 0 Å². The first kappa shape index (κ1) is 14.7. The minimum absolute atomic E-state index is 0.347. The zero-order chi connectivity index (χ0) is 13.9. The summed E-state index contributed by atoms with van der Waals surface area (Å²) in [4.78, 5) is 11.9. The summed E-state index contributed by atoms with van der Waals surface area (Å²) in [6, 6.07) is 3.43. The van der Waals surface area contributed by atoms with Gasteiger partial charge < -0.3 is 10.5 Å². The maximum absolute atomic E-state index is 11.9. The SMILES string of the molecule is Cc1ccc(C)c(OC(=O)C(N)CC(C)C)c1C. The van der Waals surface area contributed by atoms with E-state index in [9.17, 15) is 4.79 Å². The number of hydrogen-bond acceptors (Lipinski definition) is 3. The second kappa shape index (κ2) is 6.01. The lowest BCUT2D eigenvalue weighted by Crippen LogP contribution is -2.35. The Hall–Kier alpha value is -1.35. The van der Waals surface area contributed by atoms with E-state index in [1.807, 2.05) is 46.8 Å². The van der Waals surface area contributed by atoms with E-state index in [2.05, 4.69) is 0 Å². The molecule has 3 nitrogen and oxygen atoms in total. The van der Waals surface area contributed by atoms with Crippen LogP contribution in [0.5, 0.6) is 5.75 Å². The van der Waals surface area contributed by atoms with Gasteiger partial charge in [-0.1, -0.05) is 26.0 Å². The van der Waals surface area contributed by atoms with Gasteiger partial charge >= 0.3 is 5.97 Å². The van der Waals surface area contributed by atoms with Gasteiger partial charge in [0.2, 0.25) is 0 Å². The molecular formula is C15H23NO2. The highest BCUT2D eigenvalue weighted by Crippen LogP contribution is 2.26. The molecule has 0 bridgehead atoms. The highest BCUT2D eigenvalue weighted by molar-refractivity contribution is 5.78. The lowest BCUT2D eigenvalue weighted by molar-refractivity contribution is -0.136. The molecule has 1 aromatic carbocycles. The van der Waals surface area contributed by atoms with Crippen LogP contribution in [0.15, 0.2) is 12.1 Å². The van der Waals surface area contributed by atoms with Gasteiger partial charge in [0.15, 0.2) is 0 Å². The predicted octanol–water partition coefficient (Wildman–Crippen LogP) is 2.89. The fraction of sp³-hybridized carbons (Fsp3) is 0.533. The molecule has 0 fully saturated rings. The summed E-state index contributed by atoms with van der Waals surface area (Å²) >= 11 is 0. The predicted molar refractivity (Wildman–Crippen MR) is 73.7 cm³/mol. The van der Waals surface area contributed by atoms with Crippen molar-refractivity contribution in [3.63, 3.8) is 0 Å². The third-order valence-electron chi connectivity index (χ3n) is 3.10. The van der Waals surface area contributed by atoms with Crippen molar-refractivity contribution in [2.24, 2.45) is 11.7 Å². The molecule has 1 unspecified atom stereocenters. The van der Waals surface area contributed by atoms with Gasteiger partial charge in [-0.2, -0.15) is 0 Å². The first-order chi connectivity index (χ1) is 8.32. The van der Waals surface area contributed by atoms with Crippen LogP contribution in [0.2, 0.25) is 0 Å². The summed E-state index contributed by atoms with van der Waals surface area (Å²) in [5.41, 5.74) is 8.90. The van der Waals surface area contributed by atoms with E-state index in [0.717, 1.165) is 16.7 Å². The van der Waals surface area contributed by atoms with Gasteiger partial charge in [0, 0.05) is 0 Å². The lowest BCUT2D eigenvalue weighted by Gasteiger charge is -2.16. The Morgan fingerprint density at radius 2 is 1.78 bits per heavy atom. The Balaban J connectivity index is 2.85. The van der Waals surface area contributed by atoms with Crippen LogP contribution in [-0.2, 0) is 4.79 Å². The molecule has 1 rings (SSSR count). The van der Waals surface area contributed by atoms with E-state index in [-0.39, 0.29) is 5.97 Å². The van der Waals surface area contributed by atoms with Crippen LogP contribution in [0.3, 0.4) is 0 Å². The summed E-state index contributed by atoms with van der Waals surface area (Å²) < 4.78 is 5.46. The fourth-order valence-corrected chi connectivity index (χ4v) is 1.86. The summed E-state index contributed by atoms with van der Waals surface area (Å²) in [6.45, 7) is 9.97. The highest BCUT2D eigenvalue weighted by atomic mass is 16.5. The number of rotatable bonds is 4. The molecule has 0 heterocycles. The van der Waals surface area contributed by atoms with E-state index in [4.69, 9.17) is 10.5 Å². The molecule has 0 aromatic heterocycles. The first-order valence-electron chi connectivity index (χ1n) is 6.37. The van der Waals surface area contributed by atoms with Crippen molar-refractivity contribution >= 4 is 5.97 Å². The Labute approximate surface area is 109 Å². The van der Waals surface area contributed by atoms with Gasteiger partial charge in [-0.3, -0.25) is 0 Å². The van der Waals surface area contributed by atoms with Crippen molar-refractivity contribution in [3.05, 3.63) is 28.8 Å². The van der Waals surface area contributed by atoms with Crippen molar-refractivity contribution in [3.8, 4) is 5.75 Å². The van der Waals surface area contributed by atoms with Crippen LogP contribution in [0.1, 0.15) is 37.0 Å². The van der Waals surface area contributed by atoms with Crippen molar-refractivity contribution in [2.75, 3.05) is 0 Å². The molecule has 18 heavy (non-hydrogen) atoms. The average molecular weight is 249 g/mol. The number of hydrogen-bond donors (Lipinski definition) is 1. The van der Waals surface area contributed by atoms with E-state index >= 15 is 0 Å². The monoisotopic (exact) mass is 249 g/mol. The van der Waals surface area contributed by atoms with Crippen LogP contribution < -0.4 is 10.5 Å². The normalized spacial score (nSPS) is 12.6. The second-order valence-corrected chi connectivity index (χ2v) is 5.31. The smallest absolute Gasteiger partial charge is 0.328 e. The molecule has 0 aliphatic rings. The molecule has 0 radical (unpaired) electrons. The Bertz CT molecular complexity index is 438. The molecule has 0 saturated carbocycles. The summed E-state index contributed by atoms with van der Waals surface area (Å²) in [6.07, 6.45) is 0.642. The Morgan fingerprint density at radius 3 is 2.33 bits per heavy atom. The van der Waals surface area contributed by atoms with Gasteiger partial charge in [-0.15, -0.1) is 0 Å². The Morgan fingerprint density at radius 1 is 1.22 bits per heavy atom. The largest absolute Gasteiger partial charge is 0.425 e. The molecule has 0 saturated heterocycles. The third kappa shape index (κ3) is 3.57. The van der Waals surface area contributed by atoms with E-state index in [1.165, 1.54) is 0 Å². The van der Waals surface area contributed by atoms with Crippen molar-refractivity contribution in [1.29, 1.82) is 0 Å². The quantitative estimate of drug-likeness (QED) is 0.659. The highest BCUT2D eigenvalue weighted by Gasteiger charge is 2.19. The Kier molecular flexibility index (Phi) is 4.91. The minimum atomic E-state index is -0.552. The molecule has 100 valence electrons. The lowest BCUT2D eigenvalue weighted by atomic mass is 10.0. The topological polar surface area (TPSA) is 52.3 Å². The standard InChI is InChI=1S/C15H23NO2/c1-9(2)8-13(16)15(17)18-14-11(4)7-6-10(3)12(14)5/h6-7,9,13H,8,16H2,1-5H3. The van der Waals surface area contributed by atoms with E-state index in [0.29, 0.717) is 18.1 Å².